The Kier molecular flexibility index (Phi) is 3.72. The first-order valence-corrected chi connectivity index (χ1v) is 6.04. The van der Waals surface area contributed by atoms with Crippen LogP contribution in [-0.4, -0.2) is 11.1 Å². The second-order valence-electron chi connectivity index (χ2n) is 4.47. The highest BCUT2D eigenvalue weighted by molar-refractivity contribution is 5.89. The van der Waals surface area contributed by atoms with Crippen molar-refractivity contribution in [1.29, 1.82) is 5.26 Å². The van der Waals surface area contributed by atoms with Gasteiger partial charge in [0.15, 0.2) is 0 Å². The van der Waals surface area contributed by atoms with Crippen LogP contribution in [-0.2, 0) is 0 Å². The lowest BCUT2D eigenvalue weighted by Gasteiger charge is -2.09. The lowest BCUT2D eigenvalue weighted by molar-refractivity contribution is 0.0696. The van der Waals surface area contributed by atoms with Crippen LogP contribution in [0, 0.1) is 25.2 Å². The van der Waals surface area contributed by atoms with Crippen molar-refractivity contribution in [3.63, 3.8) is 0 Å². The molecule has 0 bridgehead atoms. The van der Waals surface area contributed by atoms with E-state index in [1.165, 1.54) is 6.07 Å². The summed E-state index contributed by atoms with van der Waals surface area (Å²) >= 11 is 0. The van der Waals surface area contributed by atoms with Crippen LogP contribution in [0.2, 0.25) is 0 Å². The molecule has 0 amide bonds. The van der Waals surface area contributed by atoms with E-state index in [0.29, 0.717) is 22.6 Å². The van der Waals surface area contributed by atoms with E-state index in [9.17, 15) is 4.79 Å². The lowest BCUT2D eigenvalue weighted by Crippen LogP contribution is -1.99. The van der Waals surface area contributed by atoms with E-state index < -0.39 is 5.97 Å². The van der Waals surface area contributed by atoms with Crippen LogP contribution in [0.3, 0.4) is 0 Å². The Balaban J connectivity index is 2.27. The first-order valence-electron chi connectivity index (χ1n) is 6.04. The highest BCUT2D eigenvalue weighted by atomic mass is 16.5. The monoisotopic (exact) mass is 267 g/mol. The molecule has 4 nitrogen and oxygen atoms in total. The number of carboxylic acids is 1. The highest BCUT2D eigenvalue weighted by Crippen LogP contribution is 2.25. The Hall–Kier alpha value is -2.80. The van der Waals surface area contributed by atoms with Crippen molar-refractivity contribution in [3.8, 4) is 17.6 Å². The van der Waals surface area contributed by atoms with Crippen molar-refractivity contribution >= 4 is 5.97 Å². The molecular weight excluding hydrogens is 254 g/mol. The van der Waals surface area contributed by atoms with Crippen LogP contribution < -0.4 is 4.74 Å². The molecule has 0 aliphatic heterocycles. The van der Waals surface area contributed by atoms with Gasteiger partial charge in [-0.05, 0) is 61.4 Å². The molecule has 1 N–H and O–H groups in total. The summed E-state index contributed by atoms with van der Waals surface area (Å²) in [5, 5.41) is 17.8. The van der Waals surface area contributed by atoms with E-state index in [2.05, 4.69) is 6.07 Å². The average molecular weight is 267 g/mol. The Morgan fingerprint density at radius 3 is 2.20 bits per heavy atom. The Morgan fingerprint density at radius 1 is 1.10 bits per heavy atom. The largest absolute Gasteiger partial charge is 0.478 e. The van der Waals surface area contributed by atoms with E-state index >= 15 is 0 Å². The predicted molar refractivity (Wildman–Crippen MR) is 74.1 cm³/mol. The Bertz CT molecular complexity index is 714. The molecule has 0 heterocycles. The van der Waals surface area contributed by atoms with E-state index in [-0.39, 0.29) is 5.56 Å². The van der Waals surface area contributed by atoms with Crippen LogP contribution in [0.1, 0.15) is 27.0 Å². The van der Waals surface area contributed by atoms with Crippen molar-refractivity contribution in [2.45, 2.75) is 13.8 Å². The van der Waals surface area contributed by atoms with E-state index in [4.69, 9.17) is 15.1 Å². The summed E-state index contributed by atoms with van der Waals surface area (Å²) in [7, 11) is 0. The minimum absolute atomic E-state index is 0.258. The molecule has 0 aromatic heterocycles. The minimum atomic E-state index is -0.955. The summed E-state index contributed by atoms with van der Waals surface area (Å²) in [6.07, 6.45) is 0. The number of hydrogen-bond acceptors (Lipinski definition) is 3. The Labute approximate surface area is 116 Å². The zero-order chi connectivity index (χ0) is 14.7. The number of hydrogen-bond donors (Lipinski definition) is 1. The van der Waals surface area contributed by atoms with Gasteiger partial charge in [-0.25, -0.2) is 4.79 Å². The quantitative estimate of drug-likeness (QED) is 0.921. The van der Waals surface area contributed by atoms with Crippen molar-refractivity contribution < 1.29 is 14.6 Å². The summed E-state index contributed by atoms with van der Waals surface area (Å²) in [5.74, 6) is 0.226. The summed E-state index contributed by atoms with van der Waals surface area (Å²) in [6, 6.07) is 12.1. The van der Waals surface area contributed by atoms with Crippen molar-refractivity contribution in [2.75, 3.05) is 0 Å². The van der Waals surface area contributed by atoms with Gasteiger partial charge in [-0.15, -0.1) is 0 Å². The molecule has 2 aromatic rings. The molecule has 0 saturated heterocycles. The number of carbonyl (C=O) groups is 1. The number of benzene rings is 2. The number of ether oxygens (including phenoxy) is 1. The van der Waals surface area contributed by atoms with Crippen LogP contribution in [0.25, 0.3) is 0 Å². The average Bonchev–Trinajstić information content (AvgIpc) is 2.38. The van der Waals surface area contributed by atoms with Gasteiger partial charge in [-0.1, -0.05) is 0 Å². The van der Waals surface area contributed by atoms with Crippen LogP contribution in [0.5, 0.6) is 11.5 Å². The number of rotatable bonds is 3. The third-order valence-electron chi connectivity index (χ3n) is 2.98. The van der Waals surface area contributed by atoms with Gasteiger partial charge in [0.05, 0.1) is 17.2 Å². The maximum atomic E-state index is 10.9. The minimum Gasteiger partial charge on any atom is -0.478 e. The van der Waals surface area contributed by atoms with Crippen LogP contribution >= 0.6 is 0 Å². The van der Waals surface area contributed by atoms with Crippen molar-refractivity contribution in [2.24, 2.45) is 0 Å². The maximum absolute atomic E-state index is 10.9. The maximum Gasteiger partial charge on any atom is 0.335 e. The molecule has 0 aliphatic rings. The van der Waals surface area contributed by atoms with Crippen molar-refractivity contribution in [1.82, 2.24) is 0 Å². The summed E-state index contributed by atoms with van der Waals surface area (Å²) in [4.78, 5) is 10.9. The lowest BCUT2D eigenvalue weighted by atomic mass is 10.1. The molecule has 0 unspecified atom stereocenters. The molecule has 0 fully saturated rings. The van der Waals surface area contributed by atoms with Gasteiger partial charge in [0.2, 0.25) is 0 Å². The van der Waals surface area contributed by atoms with E-state index in [1.807, 2.05) is 6.92 Å². The first kappa shape index (κ1) is 13.6. The van der Waals surface area contributed by atoms with Crippen molar-refractivity contribution in [3.05, 3.63) is 58.7 Å². The summed E-state index contributed by atoms with van der Waals surface area (Å²) in [6.45, 7) is 3.56. The fraction of sp³-hybridized carbons (Fsp3) is 0.125. The highest BCUT2D eigenvalue weighted by Gasteiger charge is 2.08. The second-order valence-corrected chi connectivity index (χ2v) is 4.47. The van der Waals surface area contributed by atoms with Gasteiger partial charge in [-0.3, -0.25) is 0 Å². The molecule has 0 radical (unpaired) electrons. The van der Waals surface area contributed by atoms with E-state index in [1.54, 1.807) is 37.3 Å². The number of nitriles is 1. The number of aromatic carboxylic acids is 1. The molecule has 100 valence electrons. The smallest absolute Gasteiger partial charge is 0.335 e. The molecule has 0 saturated carbocycles. The van der Waals surface area contributed by atoms with Crippen LogP contribution in [0.4, 0.5) is 0 Å². The predicted octanol–water partition coefficient (Wildman–Crippen LogP) is 3.67. The normalized spacial score (nSPS) is 9.85. The third kappa shape index (κ3) is 2.78. The topological polar surface area (TPSA) is 70.3 Å². The Morgan fingerprint density at radius 2 is 1.70 bits per heavy atom. The van der Waals surface area contributed by atoms with Gasteiger partial charge in [0, 0.05) is 0 Å². The SMILES string of the molecule is Cc1cc(Oc2ccc(C(=O)O)c(C)c2)ccc1C#N. The standard InChI is InChI=1S/C16H13NO3/c1-10-7-13(4-3-12(10)9-17)20-14-5-6-15(16(18)19)11(2)8-14/h3-8H,1-2H3,(H,18,19). The fourth-order valence-electron chi connectivity index (χ4n) is 1.90. The number of nitrogens with zero attached hydrogens (tertiary/aromatic N) is 1. The van der Waals surface area contributed by atoms with E-state index in [0.717, 1.165) is 5.56 Å². The molecule has 4 heteroatoms. The zero-order valence-electron chi connectivity index (χ0n) is 11.2. The first-order chi connectivity index (χ1) is 9.51. The second kappa shape index (κ2) is 5.45. The van der Waals surface area contributed by atoms with Gasteiger partial charge in [0.25, 0.3) is 0 Å². The fourth-order valence-corrected chi connectivity index (χ4v) is 1.90. The molecule has 0 spiro atoms. The van der Waals surface area contributed by atoms with Gasteiger partial charge in [-0.2, -0.15) is 5.26 Å². The van der Waals surface area contributed by atoms with Gasteiger partial charge < -0.3 is 9.84 Å². The molecule has 0 aliphatic carbocycles. The molecule has 0 atom stereocenters. The molecule has 2 aromatic carbocycles. The molecule has 2 rings (SSSR count). The summed E-state index contributed by atoms with van der Waals surface area (Å²) < 4.78 is 5.67. The van der Waals surface area contributed by atoms with Gasteiger partial charge >= 0.3 is 5.97 Å². The summed E-state index contributed by atoms with van der Waals surface area (Å²) in [5.41, 5.74) is 2.34. The molecule has 20 heavy (non-hydrogen) atoms. The van der Waals surface area contributed by atoms with Crippen LogP contribution in [0.15, 0.2) is 36.4 Å². The zero-order valence-corrected chi connectivity index (χ0v) is 11.2. The number of carboxylic acid groups (broad SMARTS) is 1. The third-order valence-corrected chi connectivity index (χ3v) is 2.98. The molecular formula is C16H13NO3. The van der Waals surface area contributed by atoms with Gasteiger partial charge in [0.1, 0.15) is 11.5 Å². The number of aryl methyl sites for hydroxylation is 2.